The lowest BCUT2D eigenvalue weighted by Crippen LogP contribution is -3.12. The molecule has 25 heavy (non-hydrogen) atoms. The number of carbonyl (C=O) groups excluding carboxylic acids is 3. The van der Waals surface area contributed by atoms with Crippen LogP contribution in [0.5, 0.6) is 0 Å². The molecule has 2 saturated heterocycles. The largest absolute Gasteiger partial charge is 0.339 e. The topological polar surface area (TPSA) is 62.1 Å². The molecule has 2 fully saturated rings. The van der Waals surface area contributed by atoms with E-state index in [1.807, 2.05) is 29.0 Å². The van der Waals surface area contributed by atoms with Gasteiger partial charge in [-0.3, -0.25) is 9.59 Å². The van der Waals surface area contributed by atoms with Gasteiger partial charge in [0.25, 0.3) is 0 Å². The molecular formula is C17H18N3O3S2+. The first kappa shape index (κ1) is 16.4. The Morgan fingerprint density at radius 3 is 2.52 bits per heavy atom. The van der Waals surface area contributed by atoms with E-state index < -0.39 is 17.8 Å². The molecule has 1 N–H and O–H groups in total. The van der Waals surface area contributed by atoms with Gasteiger partial charge in [-0.1, -0.05) is 12.1 Å². The number of quaternary nitrogens is 1. The maximum Gasteiger partial charge on any atom is 0.339 e. The molecule has 4 rings (SSSR count). The van der Waals surface area contributed by atoms with Crippen LogP contribution in [0.3, 0.4) is 0 Å². The second-order valence-corrected chi connectivity index (χ2v) is 8.27. The number of nitrogens with one attached hydrogen (secondary N) is 1. The van der Waals surface area contributed by atoms with Crippen molar-refractivity contribution in [3.05, 3.63) is 44.8 Å². The van der Waals surface area contributed by atoms with Crippen LogP contribution in [0.2, 0.25) is 0 Å². The van der Waals surface area contributed by atoms with Gasteiger partial charge in [0.2, 0.25) is 0 Å². The molecule has 2 aromatic rings. The van der Waals surface area contributed by atoms with Crippen molar-refractivity contribution in [2.45, 2.75) is 25.4 Å². The highest BCUT2D eigenvalue weighted by Gasteiger charge is 2.47. The number of rotatable bonds is 5. The van der Waals surface area contributed by atoms with Crippen LogP contribution in [0.4, 0.5) is 4.79 Å². The van der Waals surface area contributed by atoms with E-state index >= 15 is 0 Å². The second kappa shape index (κ2) is 6.70. The van der Waals surface area contributed by atoms with Crippen LogP contribution in [0, 0.1) is 0 Å². The molecule has 0 radical (unpaired) electrons. The van der Waals surface area contributed by atoms with Crippen LogP contribution >= 0.6 is 22.7 Å². The fraction of sp³-hybridized carbons (Fsp3) is 0.353. The van der Waals surface area contributed by atoms with Crippen LogP contribution in [-0.4, -0.2) is 40.9 Å². The summed E-state index contributed by atoms with van der Waals surface area (Å²) < 4.78 is 0. The van der Waals surface area contributed by atoms with Gasteiger partial charge in [-0.15, -0.1) is 22.7 Å². The first-order chi connectivity index (χ1) is 12.1. The van der Waals surface area contributed by atoms with E-state index in [0.717, 1.165) is 34.1 Å². The lowest BCUT2D eigenvalue weighted by molar-refractivity contribution is -0.925. The molecule has 2 atom stereocenters. The normalized spacial score (nSPS) is 23.9. The molecule has 4 amide bonds. The average molecular weight is 376 g/mol. The van der Waals surface area contributed by atoms with Crippen molar-refractivity contribution < 1.29 is 19.3 Å². The van der Waals surface area contributed by atoms with Crippen LogP contribution < -0.4 is 4.90 Å². The summed E-state index contributed by atoms with van der Waals surface area (Å²) in [5.74, 6) is -1.42. The summed E-state index contributed by atoms with van der Waals surface area (Å²) in [5.41, 5.74) is 0. The molecule has 2 aliphatic rings. The summed E-state index contributed by atoms with van der Waals surface area (Å²) in [4.78, 5) is 42.7. The van der Waals surface area contributed by atoms with Crippen molar-refractivity contribution in [1.82, 2.24) is 9.80 Å². The van der Waals surface area contributed by atoms with E-state index in [1.54, 1.807) is 11.3 Å². The first-order valence-electron chi connectivity index (χ1n) is 8.23. The van der Waals surface area contributed by atoms with Crippen molar-refractivity contribution in [3.63, 3.8) is 0 Å². The smallest absolute Gasteiger partial charge is 0.310 e. The minimum atomic E-state index is -0.718. The van der Waals surface area contributed by atoms with Gasteiger partial charge in [0.1, 0.15) is 6.04 Å². The Hall–Kier alpha value is -2.03. The highest BCUT2D eigenvalue weighted by atomic mass is 32.1. The number of likely N-dealkylation sites (tertiary alicyclic amines) is 1. The highest BCUT2D eigenvalue weighted by Crippen LogP contribution is 2.24. The molecular weight excluding hydrogens is 358 g/mol. The third kappa shape index (κ3) is 3.01. The molecule has 0 saturated carbocycles. The van der Waals surface area contributed by atoms with Crippen LogP contribution in [0.1, 0.15) is 28.6 Å². The molecule has 1 unspecified atom stereocenters. The summed E-state index contributed by atoms with van der Waals surface area (Å²) >= 11 is 3.17. The maximum atomic E-state index is 12.6. The Morgan fingerprint density at radius 2 is 1.80 bits per heavy atom. The van der Waals surface area contributed by atoms with E-state index in [-0.39, 0.29) is 13.2 Å². The van der Waals surface area contributed by atoms with E-state index in [1.165, 1.54) is 21.1 Å². The SMILES string of the molecule is O=C1C(=O)N(C[NH+]2CCC[C@H]2c2cccs2)C(=O)N1Cc1cccs1. The molecule has 0 bridgehead atoms. The fourth-order valence-corrected chi connectivity index (χ4v) is 5.14. The Balaban J connectivity index is 1.49. The number of hydrogen-bond acceptors (Lipinski definition) is 5. The van der Waals surface area contributed by atoms with Crippen LogP contribution in [0.15, 0.2) is 35.0 Å². The predicted molar refractivity (Wildman–Crippen MR) is 94.1 cm³/mol. The zero-order valence-electron chi connectivity index (χ0n) is 13.5. The van der Waals surface area contributed by atoms with Crippen LogP contribution in [-0.2, 0) is 16.1 Å². The maximum absolute atomic E-state index is 12.6. The highest BCUT2D eigenvalue weighted by molar-refractivity contribution is 7.10. The molecule has 130 valence electrons. The van der Waals surface area contributed by atoms with Crippen molar-refractivity contribution in [2.24, 2.45) is 0 Å². The number of hydrogen-bond donors (Lipinski definition) is 1. The summed E-state index contributed by atoms with van der Waals surface area (Å²) in [6, 6.07) is 7.65. The minimum absolute atomic E-state index is 0.168. The van der Waals surface area contributed by atoms with E-state index in [2.05, 4.69) is 6.07 Å². The van der Waals surface area contributed by atoms with Gasteiger partial charge >= 0.3 is 17.8 Å². The molecule has 8 heteroatoms. The fourth-order valence-electron chi connectivity index (χ4n) is 3.52. The van der Waals surface area contributed by atoms with E-state index in [4.69, 9.17) is 0 Å². The second-order valence-electron chi connectivity index (χ2n) is 6.26. The molecule has 0 aromatic carbocycles. The van der Waals surface area contributed by atoms with Gasteiger partial charge in [-0.2, -0.15) is 0 Å². The van der Waals surface area contributed by atoms with Gasteiger partial charge in [0, 0.05) is 17.7 Å². The first-order valence-corrected chi connectivity index (χ1v) is 9.99. The number of nitrogens with zero attached hydrogens (tertiary/aromatic N) is 2. The monoisotopic (exact) mass is 376 g/mol. The quantitative estimate of drug-likeness (QED) is 0.635. The average Bonchev–Trinajstić information content (AvgIpc) is 3.38. The number of urea groups is 1. The molecule has 0 spiro atoms. The van der Waals surface area contributed by atoms with Crippen molar-refractivity contribution in [3.8, 4) is 0 Å². The number of imide groups is 2. The van der Waals surface area contributed by atoms with E-state index in [9.17, 15) is 14.4 Å². The number of amides is 4. The van der Waals surface area contributed by atoms with Crippen molar-refractivity contribution in [2.75, 3.05) is 13.2 Å². The number of carbonyl (C=O) groups is 3. The zero-order valence-corrected chi connectivity index (χ0v) is 15.1. The zero-order chi connectivity index (χ0) is 17.4. The minimum Gasteiger partial charge on any atom is -0.310 e. The standard InChI is InChI=1S/C17H17N3O3S2/c21-15-16(22)20(17(23)19(15)10-12-4-2-8-24-12)11-18-7-1-5-13(18)14-6-3-9-25-14/h2-4,6,8-9,13H,1,5,7,10-11H2/p+1/t13-/m0/s1. The van der Waals surface area contributed by atoms with Crippen molar-refractivity contribution in [1.29, 1.82) is 0 Å². The number of thiophene rings is 2. The van der Waals surface area contributed by atoms with E-state index in [0.29, 0.717) is 6.04 Å². The Morgan fingerprint density at radius 1 is 1.04 bits per heavy atom. The molecule has 4 heterocycles. The molecule has 0 aliphatic carbocycles. The molecule has 6 nitrogen and oxygen atoms in total. The lowest BCUT2D eigenvalue weighted by atomic mass is 10.2. The molecule has 2 aromatic heterocycles. The Kier molecular flexibility index (Phi) is 4.41. The van der Waals surface area contributed by atoms with Gasteiger partial charge in [-0.05, 0) is 22.9 Å². The predicted octanol–water partition coefficient (Wildman–Crippen LogP) is 1.48. The summed E-state index contributed by atoms with van der Waals surface area (Å²) in [7, 11) is 0. The summed E-state index contributed by atoms with van der Waals surface area (Å²) in [5, 5.41) is 3.93. The summed E-state index contributed by atoms with van der Waals surface area (Å²) in [6.07, 6.45) is 2.10. The lowest BCUT2D eigenvalue weighted by Gasteiger charge is -2.24. The van der Waals surface area contributed by atoms with Gasteiger partial charge in [-0.25, -0.2) is 14.6 Å². The van der Waals surface area contributed by atoms with Gasteiger partial charge in [0.15, 0.2) is 6.67 Å². The third-order valence-corrected chi connectivity index (χ3v) is 6.61. The summed E-state index contributed by atoms with van der Waals surface area (Å²) in [6.45, 7) is 1.33. The molecule has 2 aliphatic heterocycles. The Labute approximate surface area is 153 Å². The van der Waals surface area contributed by atoms with Gasteiger partial charge in [0.05, 0.1) is 18.0 Å². The van der Waals surface area contributed by atoms with Gasteiger partial charge < -0.3 is 4.90 Å². The third-order valence-electron chi connectivity index (χ3n) is 4.76. The van der Waals surface area contributed by atoms with Crippen LogP contribution in [0.25, 0.3) is 0 Å². The van der Waals surface area contributed by atoms with Crippen molar-refractivity contribution >= 4 is 40.5 Å². The Bertz CT molecular complexity index is 788.